The fourth-order valence-electron chi connectivity index (χ4n) is 1.98. The molecule has 0 aliphatic carbocycles. The summed E-state index contributed by atoms with van der Waals surface area (Å²) in [7, 11) is 0. The summed E-state index contributed by atoms with van der Waals surface area (Å²) in [5.41, 5.74) is 1.64. The lowest BCUT2D eigenvalue weighted by molar-refractivity contribution is 0.475. The molecule has 2 rings (SSSR count). The number of aryl methyl sites for hydroxylation is 2. The third-order valence-electron chi connectivity index (χ3n) is 2.76. The van der Waals surface area contributed by atoms with Gasteiger partial charge >= 0.3 is 0 Å². The van der Waals surface area contributed by atoms with Crippen LogP contribution in [0.4, 0.5) is 4.39 Å². The van der Waals surface area contributed by atoms with Crippen molar-refractivity contribution in [3.8, 4) is 5.75 Å². The number of halogens is 1. The first-order chi connectivity index (χ1) is 7.13. The van der Waals surface area contributed by atoms with Gasteiger partial charge in [0.1, 0.15) is 11.6 Å². The molecule has 0 heterocycles. The van der Waals surface area contributed by atoms with Gasteiger partial charge in [0.2, 0.25) is 0 Å². The van der Waals surface area contributed by atoms with Crippen molar-refractivity contribution in [2.75, 3.05) is 0 Å². The van der Waals surface area contributed by atoms with E-state index >= 15 is 0 Å². The summed E-state index contributed by atoms with van der Waals surface area (Å²) in [6, 6.07) is 6.52. The first-order valence-corrected chi connectivity index (χ1v) is 5.04. The highest BCUT2D eigenvalue weighted by Gasteiger charge is 2.08. The van der Waals surface area contributed by atoms with Crippen LogP contribution in [0, 0.1) is 12.7 Å². The molecule has 78 valence electrons. The number of hydrogen-bond acceptors (Lipinski definition) is 1. The van der Waals surface area contributed by atoms with Gasteiger partial charge < -0.3 is 5.11 Å². The second-order valence-electron chi connectivity index (χ2n) is 3.73. The van der Waals surface area contributed by atoms with E-state index in [4.69, 9.17) is 0 Å². The number of benzene rings is 2. The van der Waals surface area contributed by atoms with Crippen LogP contribution >= 0.6 is 0 Å². The summed E-state index contributed by atoms with van der Waals surface area (Å²) in [6.45, 7) is 3.77. The van der Waals surface area contributed by atoms with E-state index in [1.807, 2.05) is 6.92 Å². The van der Waals surface area contributed by atoms with Crippen molar-refractivity contribution >= 4 is 10.8 Å². The molecule has 0 saturated heterocycles. The summed E-state index contributed by atoms with van der Waals surface area (Å²) in [5.74, 6) is 0.0493. The van der Waals surface area contributed by atoms with Gasteiger partial charge in [-0.1, -0.05) is 13.0 Å². The average Bonchev–Trinajstić information content (AvgIpc) is 2.22. The Kier molecular flexibility index (Phi) is 2.35. The van der Waals surface area contributed by atoms with Gasteiger partial charge in [-0.25, -0.2) is 4.39 Å². The summed E-state index contributed by atoms with van der Waals surface area (Å²) in [5, 5.41) is 11.3. The Morgan fingerprint density at radius 3 is 2.67 bits per heavy atom. The number of hydrogen-bond donors (Lipinski definition) is 1. The first-order valence-electron chi connectivity index (χ1n) is 5.04. The highest BCUT2D eigenvalue weighted by Crippen LogP contribution is 2.29. The zero-order valence-electron chi connectivity index (χ0n) is 8.84. The van der Waals surface area contributed by atoms with E-state index in [9.17, 15) is 9.50 Å². The topological polar surface area (TPSA) is 20.2 Å². The molecule has 0 fully saturated rings. The van der Waals surface area contributed by atoms with Gasteiger partial charge in [0.15, 0.2) is 0 Å². The van der Waals surface area contributed by atoms with Crippen LogP contribution in [0.3, 0.4) is 0 Å². The largest absolute Gasteiger partial charge is 0.508 e. The lowest BCUT2D eigenvalue weighted by Gasteiger charge is -2.09. The lowest BCUT2D eigenvalue weighted by Crippen LogP contribution is -1.90. The fourth-order valence-corrected chi connectivity index (χ4v) is 1.98. The highest BCUT2D eigenvalue weighted by atomic mass is 19.1. The molecule has 0 saturated carbocycles. The molecule has 0 amide bonds. The van der Waals surface area contributed by atoms with Crippen LogP contribution in [0.2, 0.25) is 0 Å². The van der Waals surface area contributed by atoms with E-state index in [1.54, 1.807) is 25.1 Å². The van der Waals surface area contributed by atoms with Crippen LogP contribution < -0.4 is 0 Å². The number of phenols is 1. The van der Waals surface area contributed by atoms with Gasteiger partial charge in [-0.3, -0.25) is 0 Å². The quantitative estimate of drug-likeness (QED) is 0.753. The summed E-state index contributed by atoms with van der Waals surface area (Å²) in [6.07, 6.45) is 0.787. The number of fused-ring (bicyclic) bond motifs is 1. The summed E-state index contributed by atoms with van der Waals surface area (Å²) >= 11 is 0. The third-order valence-corrected chi connectivity index (χ3v) is 2.76. The van der Waals surface area contributed by atoms with Crippen molar-refractivity contribution in [1.29, 1.82) is 0 Å². The van der Waals surface area contributed by atoms with Gasteiger partial charge in [0.25, 0.3) is 0 Å². The van der Waals surface area contributed by atoms with Crippen LogP contribution in [0.15, 0.2) is 24.3 Å². The normalized spacial score (nSPS) is 10.9. The second-order valence-corrected chi connectivity index (χ2v) is 3.73. The Balaban J connectivity index is 2.91. The Morgan fingerprint density at radius 2 is 2.00 bits per heavy atom. The van der Waals surface area contributed by atoms with Crippen molar-refractivity contribution in [3.05, 3.63) is 41.2 Å². The van der Waals surface area contributed by atoms with Crippen LogP contribution in [0.5, 0.6) is 5.75 Å². The third kappa shape index (κ3) is 1.56. The van der Waals surface area contributed by atoms with E-state index in [2.05, 4.69) is 0 Å². The van der Waals surface area contributed by atoms with E-state index in [0.717, 1.165) is 22.8 Å². The zero-order chi connectivity index (χ0) is 11.0. The van der Waals surface area contributed by atoms with Crippen LogP contribution in [-0.4, -0.2) is 5.11 Å². The van der Waals surface area contributed by atoms with Gasteiger partial charge in [-0.15, -0.1) is 0 Å². The van der Waals surface area contributed by atoms with Crippen LogP contribution in [0.1, 0.15) is 18.1 Å². The molecule has 2 aromatic carbocycles. The van der Waals surface area contributed by atoms with Crippen molar-refractivity contribution in [2.24, 2.45) is 0 Å². The smallest absolute Gasteiger partial charge is 0.126 e. The van der Waals surface area contributed by atoms with Crippen molar-refractivity contribution < 1.29 is 9.50 Å². The molecule has 0 bridgehead atoms. The van der Waals surface area contributed by atoms with Crippen LogP contribution in [-0.2, 0) is 6.42 Å². The van der Waals surface area contributed by atoms with Gasteiger partial charge in [0, 0.05) is 0 Å². The predicted octanol–water partition coefficient (Wildman–Crippen LogP) is 3.56. The molecule has 0 radical (unpaired) electrons. The van der Waals surface area contributed by atoms with Gasteiger partial charge in [0.05, 0.1) is 0 Å². The van der Waals surface area contributed by atoms with Crippen molar-refractivity contribution in [3.63, 3.8) is 0 Å². The molecular formula is C13H13FO. The van der Waals surface area contributed by atoms with Crippen LogP contribution in [0.25, 0.3) is 10.8 Å². The number of phenolic OH excluding ortho intramolecular Hbond substituents is 1. The maximum Gasteiger partial charge on any atom is 0.126 e. The Morgan fingerprint density at radius 1 is 1.27 bits per heavy atom. The number of rotatable bonds is 1. The van der Waals surface area contributed by atoms with E-state index in [0.29, 0.717) is 5.56 Å². The first kappa shape index (κ1) is 9.97. The molecule has 15 heavy (non-hydrogen) atoms. The Labute approximate surface area is 88.2 Å². The lowest BCUT2D eigenvalue weighted by atomic mass is 9.98. The average molecular weight is 204 g/mol. The summed E-state index contributed by atoms with van der Waals surface area (Å²) < 4.78 is 13.4. The standard InChI is InChI=1S/C13H13FO/c1-3-9-6-11(15)7-10-4-5-12(14)8(2)13(9)10/h4-7,15H,3H2,1-2H3. The summed E-state index contributed by atoms with van der Waals surface area (Å²) in [4.78, 5) is 0. The molecule has 0 aromatic heterocycles. The highest BCUT2D eigenvalue weighted by molar-refractivity contribution is 5.90. The van der Waals surface area contributed by atoms with Crippen molar-refractivity contribution in [1.82, 2.24) is 0 Å². The minimum Gasteiger partial charge on any atom is -0.508 e. The van der Waals surface area contributed by atoms with E-state index in [-0.39, 0.29) is 11.6 Å². The molecule has 0 unspecified atom stereocenters. The van der Waals surface area contributed by atoms with Gasteiger partial charge in [-0.2, -0.15) is 0 Å². The molecule has 0 aliphatic heterocycles. The molecule has 0 aliphatic rings. The van der Waals surface area contributed by atoms with Crippen molar-refractivity contribution in [2.45, 2.75) is 20.3 Å². The van der Waals surface area contributed by atoms with E-state index in [1.165, 1.54) is 6.07 Å². The SMILES string of the molecule is CCc1cc(O)cc2ccc(F)c(C)c12. The monoisotopic (exact) mass is 204 g/mol. The molecule has 1 nitrogen and oxygen atoms in total. The predicted molar refractivity (Wildman–Crippen MR) is 59.7 cm³/mol. The van der Waals surface area contributed by atoms with Gasteiger partial charge in [-0.05, 0) is 53.4 Å². The van der Waals surface area contributed by atoms with E-state index < -0.39 is 0 Å². The fraction of sp³-hybridized carbons (Fsp3) is 0.231. The maximum atomic E-state index is 13.4. The zero-order valence-corrected chi connectivity index (χ0v) is 8.84. The molecular weight excluding hydrogens is 191 g/mol. The minimum atomic E-state index is -0.192. The molecule has 2 aromatic rings. The second kappa shape index (κ2) is 3.54. The Bertz CT molecular complexity index is 517. The molecule has 2 heteroatoms. The molecule has 0 spiro atoms. The maximum absolute atomic E-state index is 13.4. The number of aromatic hydroxyl groups is 1. The minimum absolute atomic E-state index is 0.192. The molecule has 0 atom stereocenters. The molecule has 1 N–H and O–H groups in total. The Hall–Kier alpha value is -1.57.